The summed E-state index contributed by atoms with van der Waals surface area (Å²) in [6.45, 7) is 0.376. The van der Waals surface area contributed by atoms with Crippen molar-refractivity contribution in [2.24, 2.45) is 0 Å². The van der Waals surface area contributed by atoms with Crippen molar-refractivity contribution in [3.63, 3.8) is 0 Å². The zero-order valence-corrected chi connectivity index (χ0v) is 14.0. The topological polar surface area (TPSA) is 35.5 Å². The fourth-order valence-electron chi connectivity index (χ4n) is 2.65. The van der Waals surface area contributed by atoms with Crippen LogP contribution >= 0.6 is 11.6 Å². The average Bonchev–Trinajstić information content (AvgIpc) is 2.63. The Hall–Kier alpha value is -2.52. The summed E-state index contributed by atoms with van der Waals surface area (Å²) in [5.74, 6) is 0.117. The molecule has 1 atom stereocenters. The maximum absolute atomic E-state index is 12.2. The van der Waals surface area contributed by atoms with Gasteiger partial charge in [0.15, 0.2) is 0 Å². The van der Waals surface area contributed by atoms with E-state index in [1.807, 2.05) is 48.5 Å². The zero-order valence-electron chi connectivity index (χ0n) is 13.2. The molecule has 122 valence electrons. The van der Waals surface area contributed by atoms with Crippen molar-refractivity contribution in [2.75, 3.05) is 13.7 Å². The maximum atomic E-state index is 12.2. The predicted molar refractivity (Wildman–Crippen MR) is 94.7 cm³/mol. The number of carbonyl (C=O) groups is 1. The molecule has 3 nitrogen and oxygen atoms in total. The summed E-state index contributed by atoms with van der Waals surface area (Å²) in [5.41, 5.74) is 2.56. The van der Waals surface area contributed by atoms with Crippen LogP contribution in [0.15, 0.2) is 72.0 Å². The summed E-state index contributed by atoms with van der Waals surface area (Å²) in [7, 11) is 1.39. The van der Waals surface area contributed by atoms with Gasteiger partial charge in [0.1, 0.15) is 5.76 Å². The van der Waals surface area contributed by atoms with E-state index in [4.69, 9.17) is 21.1 Å². The molecule has 1 unspecified atom stereocenters. The van der Waals surface area contributed by atoms with Gasteiger partial charge in [-0.2, -0.15) is 0 Å². The lowest BCUT2D eigenvalue weighted by Gasteiger charge is -2.25. The van der Waals surface area contributed by atoms with Crippen LogP contribution in [0.25, 0.3) is 6.08 Å². The zero-order chi connectivity index (χ0) is 16.9. The number of ether oxygens (including phenoxy) is 2. The van der Waals surface area contributed by atoms with E-state index in [1.165, 1.54) is 7.11 Å². The first kappa shape index (κ1) is 16.3. The van der Waals surface area contributed by atoms with Crippen LogP contribution in [-0.2, 0) is 14.3 Å². The van der Waals surface area contributed by atoms with Crippen LogP contribution in [0, 0.1) is 0 Å². The SMILES string of the molecule is COC(=O)C1=CC(=Cc2ccccc2)OCC1c1ccc(Cl)cc1. The molecule has 4 heteroatoms. The molecule has 1 heterocycles. The second-order valence-electron chi connectivity index (χ2n) is 5.46. The number of halogens is 1. The summed E-state index contributed by atoms with van der Waals surface area (Å²) >= 11 is 5.94. The van der Waals surface area contributed by atoms with Crippen LogP contribution < -0.4 is 0 Å². The number of benzene rings is 2. The summed E-state index contributed by atoms with van der Waals surface area (Å²) in [4.78, 5) is 12.2. The van der Waals surface area contributed by atoms with Crippen molar-refractivity contribution in [2.45, 2.75) is 5.92 Å². The molecule has 0 amide bonds. The first-order chi connectivity index (χ1) is 11.7. The van der Waals surface area contributed by atoms with Gasteiger partial charge >= 0.3 is 5.97 Å². The van der Waals surface area contributed by atoms with Gasteiger partial charge in [-0.15, -0.1) is 0 Å². The highest BCUT2D eigenvalue weighted by Crippen LogP contribution is 2.32. The molecular formula is C20H17ClO3. The number of esters is 1. The summed E-state index contributed by atoms with van der Waals surface area (Å²) in [6.07, 6.45) is 3.66. The van der Waals surface area contributed by atoms with Crippen molar-refractivity contribution in [3.05, 3.63) is 88.2 Å². The molecule has 0 aromatic heterocycles. The molecule has 0 N–H and O–H groups in total. The molecule has 0 radical (unpaired) electrons. The van der Waals surface area contributed by atoms with Crippen LogP contribution in [0.4, 0.5) is 0 Å². The monoisotopic (exact) mass is 340 g/mol. The Morgan fingerprint density at radius 1 is 1.17 bits per heavy atom. The van der Waals surface area contributed by atoms with E-state index in [1.54, 1.807) is 18.2 Å². The normalized spacial score (nSPS) is 18.7. The van der Waals surface area contributed by atoms with Gasteiger partial charge < -0.3 is 9.47 Å². The lowest BCUT2D eigenvalue weighted by Crippen LogP contribution is -2.21. The van der Waals surface area contributed by atoms with E-state index < -0.39 is 0 Å². The molecule has 0 spiro atoms. The van der Waals surface area contributed by atoms with Crippen molar-refractivity contribution in [1.82, 2.24) is 0 Å². The number of hydrogen-bond donors (Lipinski definition) is 0. The first-order valence-electron chi connectivity index (χ1n) is 7.62. The minimum absolute atomic E-state index is 0.178. The second-order valence-corrected chi connectivity index (χ2v) is 5.90. The van der Waals surface area contributed by atoms with Gasteiger partial charge in [0, 0.05) is 5.02 Å². The number of rotatable bonds is 3. The molecular weight excluding hydrogens is 324 g/mol. The smallest absolute Gasteiger partial charge is 0.334 e. The van der Waals surface area contributed by atoms with Gasteiger partial charge in [0.25, 0.3) is 0 Å². The van der Waals surface area contributed by atoms with Crippen molar-refractivity contribution < 1.29 is 14.3 Å². The van der Waals surface area contributed by atoms with Crippen LogP contribution in [0.1, 0.15) is 17.0 Å². The fourth-order valence-corrected chi connectivity index (χ4v) is 2.78. The third kappa shape index (κ3) is 3.69. The Morgan fingerprint density at radius 2 is 1.88 bits per heavy atom. The van der Waals surface area contributed by atoms with E-state index in [-0.39, 0.29) is 11.9 Å². The fraction of sp³-hybridized carbons (Fsp3) is 0.150. The van der Waals surface area contributed by atoms with E-state index in [0.717, 1.165) is 11.1 Å². The van der Waals surface area contributed by atoms with Crippen molar-refractivity contribution >= 4 is 23.6 Å². The molecule has 2 aromatic rings. The number of methoxy groups -OCH3 is 1. The highest BCUT2D eigenvalue weighted by Gasteiger charge is 2.28. The second kappa shape index (κ2) is 7.37. The third-order valence-electron chi connectivity index (χ3n) is 3.89. The number of carbonyl (C=O) groups excluding carboxylic acids is 1. The van der Waals surface area contributed by atoms with E-state index in [2.05, 4.69) is 0 Å². The standard InChI is InChI=1S/C20H17ClO3/c1-23-20(22)18-12-17(11-14-5-3-2-4-6-14)24-13-19(18)15-7-9-16(21)10-8-15/h2-12,19H,13H2,1H3. The molecule has 1 aliphatic heterocycles. The van der Waals surface area contributed by atoms with Gasteiger partial charge in [0.2, 0.25) is 0 Å². The van der Waals surface area contributed by atoms with Gasteiger partial charge in [-0.1, -0.05) is 54.1 Å². The average molecular weight is 341 g/mol. The van der Waals surface area contributed by atoms with Gasteiger partial charge in [-0.05, 0) is 35.4 Å². The highest BCUT2D eigenvalue weighted by molar-refractivity contribution is 6.30. The lowest BCUT2D eigenvalue weighted by atomic mass is 9.89. The Bertz CT molecular complexity index is 776. The van der Waals surface area contributed by atoms with Crippen molar-refractivity contribution in [3.8, 4) is 0 Å². The van der Waals surface area contributed by atoms with Gasteiger partial charge in [-0.25, -0.2) is 4.79 Å². The maximum Gasteiger partial charge on any atom is 0.334 e. The molecule has 0 saturated carbocycles. The van der Waals surface area contributed by atoms with E-state index >= 15 is 0 Å². The molecule has 0 saturated heterocycles. The van der Waals surface area contributed by atoms with Gasteiger partial charge in [0.05, 0.1) is 25.2 Å². The summed E-state index contributed by atoms with van der Waals surface area (Å²) in [6, 6.07) is 17.2. The number of allylic oxidation sites excluding steroid dienone is 1. The van der Waals surface area contributed by atoms with Crippen LogP contribution in [0.2, 0.25) is 5.02 Å². The van der Waals surface area contributed by atoms with Gasteiger partial charge in [-0.3, -0.25) is 0 Å². The quantitative estimate of drug-likeness (QED) is 0.766. The Labute approximate surface area is 146 Å². The van der Waals surface area contributed by atoms with Crippen molar-refractivity contribution in [1.29, 1.82) is 0 Å². The third-order valence-corrected chi connectivity index (χ3v) is 4.14. The Balaban J connectivity index is 1.95. The molecule has 24 heavy (non-hydrogen) atoms. The molecule has 3 rings (SSSR count). The van der Waals surface area contributed by atoms with E-state index in [0.29, 0.717) is 23.0 Å². The van der Waals surface area contributed by atoms with Crippen LogP contribution in [-0.4, -0.2) is 19.7 Å². The lowest BCUT2D eigenvalue weighted by molar-refractivity contribution is -0.136. The molecule has 0 fully saturated rings. The molecule has 2 aromatic carbocycles. The predicted octanol–water partition coefficient (Wildman–Crippen LogP) is 4.59. The van der Waals surface area contributed by atoms with E-state index in [9.17, 15) is 4.79 Å². The minimum atomic E-state index is -0.350. The highest BCUT2D eigenvalue weighted by atomic mass is 35.5. The summed E-state index contributed by atoms with van der Waals surface area (Å²) in [5, 5.41) is 0.656. The summed E-state index contributed by atoms with van der Waals surface area (Å²) < 4.78 is 10.8. The number of hydrogen-bond acceptors (Lipinski definition) is 3. The first-order valence-corrected chi connectivity index (χ1v) is 8.00. The van der Waals surface area contributed by atoms with Crippen LogP contribution in [0.5, 0.6) is 0 Å². The van der Waals surface area contributed by atoms with Crippen LogP contribution in [0.3, 0.4) is 0 Å². The molecule has 0 bridgehead atoms. The largest absolute Gasteiger partial charge is 0.493 e. The Morgan fingerprint density at radius 3 is 2.54 bits per heavy atom. The minimum Gasteiger partial charge on any atom is -0.493 e. The molecule has 0 aliphatic carbocycles. The molecule has 1 aliphatic rings. The Kier molecular flexibility index (Phi) is 5.02.